The average Bonchev–Trinajstić information content (AvgIpc) is 2.82. The number of aromatic nitrogens is 1. The molecular weight excluding hydrogens is 376 g/mol. The maximum Gasteiger partial charge on any atom is 0.247 e. The van der Waals surface area contributed by atoms with Crippen LogP contribution in [0.1, 0.15) is 28.3 Å². The van der Waals surface area contributed by atoms with Crippen LogP contribution in [-0.2, 0) is 11.2 Å². The molecule has 1 atom stereocenters. The van der Waals surface area contributed by atoms with Crippen LogP contribution in [0.3, 0.4) is 0 Å². The van der Waals surface area contributed by atoms with Crippen molar-refractivity contribution in [2.75, 3.05) is 20.8 Å². The summed E-state index contributed by atoms with van der Waals surface area (Å²) in [5.74, 6) is 1.34. The molecule has 4 rings (SSSR count). The molecule has 0 aliphatic carbocycles. The number of ether oxygens (including phenoxy) is 2. The van der Waals surface area contributed by atoms with E-state index in [1.54, 1.807) is 32.7 Å². The van der Waals surface area contributed by atoms with E-state index in [2.05, 4.69) is 17.1 Å². The summed E-state index contributed by atoms with van der Waals surface area (Å²) in [4.78, 5) is 19.2. The predicted molar refractivity (Wildman–Crippen MR) is 117 cm³/mol. The van der Waals surface area contributed by atoms with Gasteiger partial charge in [0.15, 0.2) is 11.5 Å². The molecule has 0 fully saturated rings. The van der Waals surface area contributed by atoms with Crippen molar-refractivity contribution in [3.8, 4) is 11.5 Å². The van der Waals surface area contributed by atoms with Crippen LogP contribution in [0.15, 0.2) is 73.1 Å². The van der Waals surface area contributed by atoms with Crippen LogP contribution < -0.4 is 9.47 Å². The Kier molecular flexibility index (Phi) is 5.80. The second kappa shape index (κ2) is 8.82. The molecule has 1 amide bonds. The normalized spacial score (nSPS) is 15.7. The van der Waals surface area contributed by atoms with Crippen LogP contribution in [0.4, 0.5) is 0 Å². The van der Waals surface area contributed by atoms with Gasteiger partial charge in [-0.15, -0.1) is 0 Å². The third kappa shape index (κ3) is 3.92. The second-order valence-electron chi connectivity index (χ2n) is 7.12. The van der Waals surface area contributed by atoms with Crippen molar-refractivity contribution in [2.45, 2.75) is 12.5 Å². The predicted octanol–water partition coefficient (Wildman–Crippen LogP) is 4.29. The standard InChI is InChI=1S/C25H24N2O3/c1-29-22-15-20-12-14-27(24(28)11-10-18-7-6-13-26-17-18)25(19-8-4-3-5-9-19)21(20)16-23(22)30-2/h3-11,13,15-17,25H,12,14H2,1-2H3/b11-10+. The zero-order valence-corrected chi connectivity index (χ0v) is 17.1. The first-order valence-electron chi connectivity index (χ1n) is 9.89. The Morgan fingerprint density at radius 3 is 2.53 bits per heavy atom. The van der Waals surface area contributed by atoms with Crippen LogP contribution in [0.5, 0.6) is 11.5 Å². The molecule has 0 radical (unpaired) electrons. The summed E-state index contributed by atoms with van der Waals surface area (Å²) in [6.45, 7) is 0.623. The minimum Gasteiger partial charge on any atom is -0.493 e. The van der Waals surface area contributed by atoms with E-state index in [1.165, 1.54) is 5.56 Å². The molecule has 1 aliphatic heterocycles. The van der Waals surface area contributed by atoms with Crippen LogP contribution in [0.2, 0.25) is 0 Å². The summed E-state index contributed by atoms with van der Waals surface area (Å²) in [6.07, 6.45) is 7.64. The number of hydrogen-bond donors (Lipinski definition) is 0. The van der Waals surface area contributed by atoms with Crippen LogP contribution in [0.25, 0.3) is 6.08 Å². The maximum absolute atomic E-state index is 13.2. The van der Waals surface area contributed by atoms with Gasteiger partial charge in [-0.2, -0.15) is 0 Å². The highest BCUT2D eigenvalue weighted by molar-refractivity contribution is 5.92. The van der Waals surface area contributed by atoms with Crippen molar-refractivity contribution in [1.82, 2.24) is 9.88 Å². The summed E-state index contributed by atoms with van der Waals surface area (Å²) in [5.41, 5.74) is 4.19. The lowest BCUT2D eigenvalue weighted by Gasteiger charge is -2.37. The average molecular weight is 400 g/mol. The zero-order valence-electron chi connectivity index (χ0n) is 17.1. The Hall–Kier alpha value is -3.60. The topological polar surface area (TPSA) is 51.7 Å². The van der Waals surface area contributed by atoms with Gasteiger partial charge in [-0.3, -0.25) is 9.78 Å². The van der Waals surface area contributed by atoms with E-state index in [-0.39, 0.29) is 11.9 Å². The molecule has 152 valence electrons. The van der Waals surface area contributed by atoms with Gasteiger partial charge in [-0.05, 0) is 52.9 Å². The fourth-order valence-electron chi connectivity index (χ4n) is 3.92. The number of nitrogens with zero attached hydrogens (tertiary/aromatic N) is 2. The van der Waals surface area contributed by atoms with Crippen LogP contribution >= 0.6 is 0 Å². The van der Waals surface area contributed by atoms with Crippen LogP contribution in [-0.4, -0.2) is 36.6 Å². The van der Waals surface area contributed by atoms with Crippen molar-refractivity contribution in [2.24, 2.45) is 0 Å². The maximum atomic E-state index is 13.2. The lowest BCUT2D eigenvalue weighted by atomic mass is 9.87. The van der Waals surface area contributed by atoms with Crippen molar-refractivity contribution >= 4 is 12.0 Å². The lowest BCUT2D eigenvalue weighted by Crippen LogP contribution is -2.39. The van der Waals surface area contributed by atoms with E-state index in [4.69, 9.17) is 9.47 Å². The molecule has 1 unspecified atom stereocenters. The molecule has 1 aromatic heterocycles. The van der Waals surface area contributed by atoms with Gasteiger partial charge in [-0.1, -0.05) is 36.4 Å². The van der Waals surface area contributed by atoms with Gasteiger partial charge in [0.1, 0.15) is 0 Å². The number of pyridine rings is 1. The highest BCUT2D eigenvalue weighted by atomic mass is 16.5. The third-order valence-corrected chi connectivity index (χ3v) is 5.37. The van der Waals surface area contributed by atoms with E-state index in [0.717, 1.165) is 23.1 Å². The fourth-order valence-corrected chi connectivity index (χ4v) is 3.92. The Labute approximate surface area is 176 Å². The molecule has 0 saturated heterocycles. The van der Waals surface area contributed by atoms with E-state index >= 15 is 0 Å². The smallest absolute Gasteiger partial charge is 0.247 e. The fraction of sp³-hybridized carbons (Fsp3) is 0.200. The monoisotopic (exact) mass is 400 g/mol. The van der Waals surface area contributed by atoms with Crippen molar-refractivity contribution < 1.29 is 14.3 Å². The number of rotatable bonds is 5. The molecule has 5 heteroatoms. The SMILES string of the molecule is COc1cc2c(cc1OC)C(c1ccccc1)N(C(=O)/C=C/c1cccnc1)CC2. The zero-order chi connectivity index (χ0) is 20.9. The Balaban J connectivity index is 1.74. The van der Waals surface area contributed by atoms with Crippen LogP contribution in [0, 0.1) is 0 Å². The van der Waals surface area contributed by atoms with Gasteiger partial charge >= 0.3 is 0 Å². The molecular formula is C25H24N2O3. The molecule has 2 heterocycles. The Morgan fingerprint density at radius 2 is 1.83 bits per heavy atom. The van der Waals surface area contributed by atoms with Crippen molar-refractivity contribution in [3.05, 3.63) is 95.3 Å². The van der Waals surface area contributed by atoms with E-state index in [9.17, 15) is 4.79 Å². The number of carbonyl (C=O) groups excluding carboxylic acids is 1. The molecule has 0 N–H and O–H groups in total. The quantitative estimate of drug-likeness (QED) is 0.600. The molecule has 0 bridgehead atoms. The second-order valence-corrected chi connectivity index (χ2v) is 7.12. The van der Waals surface area contributed by atoms with Crippen molar-refractivity contribution in [3.63, 3.8) is 0 Å². The summed E-state index contributed by atoms with van der Waals surface area (Å²) in [5, 5.41) is 0. The molecule has 2 aromatic carbocycles. The molecule has 0 saturated carbocycles. The molecule has 3 aromatic rings. The molecule has 30 heavy (non-hydrogen) atoms. The molecule has 5 nitrogen and oxygen atoms in total. The largest absolute Gasteiger partial charge is 0.493 e. The number of carbonyl (C=O) groups is 1. The van der Waals surface area contributed by atoms with Gasteiger partial charge in [0.05, 0.1) is 20.3 Å². The van der Waals surface area contributed by atoms with E-state index in [1.807, 2.05) is 53.4 Å². The highest BCUT2D eigenvalue weighted by Gasteiger charge is 2.32. The molecule has 1 aliphatic rings. The number of amides is 1. The first-order valence-corrected chi connectivity index (χ1v) is 9.89. The number of methoxy groups -OCH3 is 2. The first kappa shape index (κ1) is 19.7. The summed E-state index contributed by atoms with van der Waals surface area (Å²) in [6, 6.07) is 17.7. The van der Waals surface area contributed by atoms with E-state index in [0.29, 0.717) is 18.0 Å². The lowest BCUT2D eigenvalue weighted by molar-refractivity contribution is -0.127. The van der Waals surface area contributed by atoms with E-state index < -0.39 is 0 Å². The molecule has 0 spiro atoms. The number of fused-ring (bicyclic) bond motifs is 1. The summed E-state index contributed by atoms with van der Waals surface area (Å²) >= 11 is 0. The van der Waals surface area contributed by atoms with Gasteiger partial charge < -0.3 is 14.4 Å². The highest BCUT2D eigenvalue weighted by Crippen LogP contribution is 2.41. The van der Waals surface area contributed by atoms with Gasteiger partial charge in [0.2, 0.25) is 5.91 Å². The first-order chi connectivity index (χ1) is 14.7. The number of benzene rings is 2. The number of hydrogen-bond acceptors (Lipinski definition) is 4. The minimum absolute atomic E-state index is 0.0341. The van der Waals surface area contributed by atoms with Crippen molar-refractivity contribution in [1.29, 1.82) is 0 Å². The summed E-state index contributed by atoms with van der Waals surface area (Å²) < 4.78 is 11.0. The van der Waals surface area contributed by atoms with Gasteiger partial charge in [-0.25, -0.2) is 0 Å². The third-order valence-electron chi connectivity index (χ3n) is 5.37. The van der Waals surface area contributed by atoms with Gasteiger partial charge in [0, 0.05) is 25.0 Å². The Morgan fingerprint density at radius 1 is 1.07 bits per heavy atom. The Bertz CT molecular complexity index is 1050. The van der Waals surface area contributed by atoms with Gasteiger partial charge in [0.25, 0.3) is 0 Å². The summed E-state index contributed by atoms with van der Waals surface area (Å²) in [7, 11) is 3.27. The minimum atomic E-state index is -0.194.